The van der Waals surface area contributed by atoms with Gasteiger partial charge in [0.05, 0.1) is 17.0 Å². The quantitative estimate of drug-likeness (QED) is 0.178. The number of nitriles is 1. The summed E-state index contributed by atoms with van der Waals surface area (Å²) in [4.78, 5) is 0. The second kappa shape index (κ2) is 15.3. The number of hydrogen-bond donors (Lipinski definition) is 1. The van der Waals surface area contributed by atoms with Crippen LogP contribution in [-0.4, -0.2) is 0 Å². The van der Waals surface area contributed by atoms with Crippen molar-refractivity contribution in [3.63, 3.8) is 0 Å². The zero-order valence-corrected chi connectivity index (χ0v) is 32.3. The third-order valence-electron chi connectivity index (χ3n) is 12.9. The Kier molecular flexibility index (Phi) is 9.72. The predicted octanol–water partition coefficient (Wildman–Crippen LogP) is 13.2. The van der Waals surface area contributed by atoms with Crippen molar-refractivity contribution < 1.29 is 0 Å². The molecule has 7 aromatic rings. The van der Waals surface area contributed by atoms with Crippen LogP contribution >= 0.6 is 0 Å². The highest BCUT2D eigenvalue weighted by atomic mass is 15.0. The SMILES string of the molecule is CC[C@H]1C(c2ccccc2)CC[C@@H](C)C(c2ccc3c(c2)C(c2ccccc2)(c2ccccc2)c2cc(-c4ccc(C#N)cc4)ccc2-3)NC1c1ccccc1. The number of rotatable bonds is 7. The molecule has 3 unspecified atom stereocenters. The number of benzene rings is 7. The number of nitrogens with one attached hydrogen (secondary N) is 1. The Balaban J connectivity index is 1.22. The molecule has 0 aromatic heterocycles. The lowest BCUT2D eigenvalue weighted by Crippen LogP contribution is -2.39. The summed E-state index contributed by atoms with van der Waals surface area (Å²) in [7, 11) is 0. The Morgan fingerprint density at radius 3 is 1.68 bits per heavy atom. The largest absolute Gasteiger partial charge is 0.303 e. The molecular weight excluding hydrogens is 677 g/mol. The van der Waals surface area contributed by atoms with E-state index in [1.165, 1.54) is 50.1 Å². The Labute approximate surface area is 332 Å². The molecule has 1 aliphatic heterocycles. The van der Waals surface area contributed by atoms with E-state index in [1.807, 2.05) is 12.1 Å². The van der Waals surface area contributed by atoms with Crippen molar-refractivity contribution in [2.45, 2.75) is 56.5 Å². The van der Waals surface area contributed by atoms with Crippen molar-refractivity contribution >= 4 is 0 Å². The molecule has 7 aromatic carbocycles. The maximum absolute atomic E-state index is 9.51. The summed E-state index contributed by atoms with van der Waals surface area (Å²) in [5, 5.41) is 13.9. The van der Waals surface area contributed by atoms with Gasteiger partial charge in [-0.1, -0.05) is 184 Å². The standard InChI is InChI=1S/C54H48N2/c1-3-46-47(40-16-8-4-9-17-40)31-24-37(2)52(56-53(46)41-18-10-5-11-19-41)43-30-33-49-48-32-29-42(39-27-25-38(36-55)26-28-39)34-50(48)54(51(49)35-43,44-20-12-6-13-21-44)45-22-14-7-15-23-45/h4-23,25-30,32-35,37,46-47,52-53,56H,3,24,31H2,1-2H3/t37-,46+,47?,52?,53?/m1/s1. The van der Waals surface area contributed by atoms with E-state index in [-0.39, 0.29) is 12.1 Å². The molecule has 1 heterocycles. The summed E-state index contributed by atoms with van der Waals surface area (Å²) < 4.78 is 0. The second-order valence-electron chi connectivity index (χ2n) is 15.9. The van der Waals surface area contributed by atoms with Crippen LogP contribution in [0.4, 0.5) is 0 Å². The summed E-state index contributed by atoms with van der Waals surface area (Å²) in [6, 6.07) is 69.7. The molecule has 0 amide bonds. The molecule has 0 spiro atoms. The molecule has 2 nitrogen and oxygen atoms in total. The molecule has 1 aliphatic carbocycles. The highest BCUT2D eigenvalue weighted by Gasteiger charge is 2.47. The Bertz CT molecular complexity index is 2430. The van der Waals surface area contributed by atoms with Gasteiger partial charge in [-0.25, -0.2) is 0 Å². The van der Waals surface area contributed by atoms with Crippen LogP contribution in [-0.2, 0) is 5.41 Å². The van der Waals surface area contributed by atoms with Crippen molar-refractivity contribution in [3.05, 3.63) is 226 Å². The molecule has 1 N–H and O–H groups in total. The van der Waals surface area contributed by atoms with Crippen LogP contribution in [0.2, 0.25) is 0 Å². The molecule has 0 bridgehead atoms. The first-order chi connectivity index (χ1) is 27.6. The van der Waals surface area contributed by atoms with Gasteiger partial charge in [0, 0.05) is 12.1 Å². The molecule has 0 saturated carbocycles. The molecule has 2 aliphatic rings. The number of nitrogens with zero attached hydrogens (tertiary/aromatic N) is 1. The first-order valence-electron chi connectivity index (χ1n) is 20.4. The summed E-state index contributed by atoms with van der Waals surface area (Å²) in [6.07, 6.45) is 3.40. The molecule has 1 fully saturated rings. The van der Waals surface area contributed by atoms with Gasteiger partial charge in [0.1, 0.15) is 0 Å². The smallest absolute Gasteiger partial charge is 0.0991 e. The maximum Gasteiger partial charge on any atom is 0.0991 e. The lowest BCUT2D eigenvalue weighted by Gasteiger charge is -2.42. The van der Waals surface area contributed by atoms with Gasteiger partial charge < -0.3 is 5.32 Å². The zero-order valence-electron chi connectivity index (χ0n) is 32.3. The van der Waals surface area contributed by atoms with Gasteiger partial charge in [-0.05, 0) is 110 Å². The lowest BCUT2D eigenvalue weighted by molar-refractivity contribution is 0.195. The molecule has 56 heavy (non-hydrogen) atoms. The third kappa shape index (κ3) is 6.18. The van der Waals surface area contributed by atoms with E-state index in [9.17, 15) is 5.26 Å². The van der Waals surface area contributed by atoms with Crippen molar-refractivity contribution in [3.8, 4) is 28.3 Å². The Morgan fingerprint density at radius 2 is 1.09 bits per heavy atom. The summed E-state index contributed by atoms with van der Waals surface area (Å²) in [6.45, 7) is 4.84. The molecule has 0 radical (unpaired) electrons. The molecular formula is C54H48N2. The average molecular weight is 725 g/mol. The zero-order chi connectivity index (χ0) is 38.1. The first kappa shape index (κ1) is 35.7. The minimum absolute atomic E-state index is 0.165. The molecule has 9 rings (SSSR count). The maximum atomic E-state index is 9.51. The van der Waals surface area contributed by atoms with Gasteiger partial charge in [0.2, 0.25) is 0 Å². The fourth-order valence-electron chi connectivity index (χ4n) is 10.2. The van der Waals surface area contributed by atoms with Crippen molar-refractivity contribution in [1.82, 2.24) is 5.32 Å². The van der Waals surface area contributed by atoms with Gasteiger partial charge >= 0.3 is 0 Å². The third-order valence-corrected chi connectivity index (χ3v) is 12.9. The lowest BCUT2D eigenvalue weighted by atomic mass is 9.67. The highest BCUT2D eigenvalue weighted by Crippen LogP contribution is 2.57. The Hall–Kier alpha value is -6.01. The van der Waals surface area contributed by atoms with Gasteiger partial charge in [0.25, 0.3) is 0 Å². The van der Waals surface area contributed by atoms with Gasteiger partial charge in [-0.2, -0.15) is 5.26 Å². The van der Waals surface area contributed by atoms with E-state index < -0.39 is 5.41 Å². The van der Waals surface area contributed by atoms with Crippen LogP contribution in [0.15, 0.2) is 182 Å². The van der Waals surface area contributed by atoms with Crippen molar-refractivity contribution in [1.29, 1.82) is 5.26 Å². The second-order valence-corrected chi connectivity index (χ2v) is 15.9. The van der Waals surface area contributed by atoms with Gasteiger partial charge in [0.15, 0.2) is 0 Å². The molecule has 274 valence electrons. The van der Waals surface area contributed by atoms with Crippen LogP contribution in [0.25, 0.3) is 22.3 Å². The minimum atomic E-state index is -0.528. The predicted molar refractivity (Wildman–Crippen MR) is 230 cm³/mol. The Morgan fingerprint density at radius 1 is 0.554 bits per heavy atom. The van der Waals surface area contributed by atoms with E-state index in [1.54, 1.807) is 0 Å². The monoisotopic (exact) mass is 724 g/mol. The van der Waals surface area contributed by atoms with E-state index in [0.717, 1.165) is 30.4 Å². The highest BCUT2D eigenvalue weighted by molar-refractivity contribution is 5.88. The summed E-state index contributed by atoms with van der Waals surface area (Å²) in [5.74, 6) is 1.34. The van der Waals surface area contributed by atoms with Gasteiger partial charge in [-0.15, -0.1) is 0 Å². The topological polar surface area (TPSA) is 35.8 Å². The van der Waals surface area contributed by atoms with E-state index >= 15 is 0 Å². The fraction of sp³-hybridized carbons (Fsp3) is 0.204. The van der Waals surface area contributed by atoms with Crippen LogP contribution in [0.5, 0.6) is 0 Å². The van der Waals surface area contributed by atoms with Crippen LogP contribution < -0.4 is 5.32 Å². The fourth-order valence-corrected chi connectivity index (χ4v) is 10.2. The summed E-state index contributed by atoms with van der Waals surface area (Å²) >= 11 is 0. The normalized spacial score (nSPS) is 21.2. The minimum Gasteiger partial charge on any atom is -0.303 e. The number of fused-ring (bicyclic) bond motifs is 3. The van der Waals surface area contributed by atoms with E-state index in [2.05, 4.69) is 195 Å². The molecule has 2 heteroatoms. The average Bonchev–Trinajstić information content (AvgIpc) is 3.56. The van der Waals surface area contributed by atoms with Crippen LogP contribution in [0.1, 0.15) is 95.6 Å². The van der Waals surface area contributed by atoms with E-state index in [0.29, 0.717) is 23.3 Å². The van der Waals surface area contributed by atoms with Crippen molar-refractivity contribution in [2.75, 3.05) is 0 Å². The molecule has 1 saturated heterocycles. The summed E-state index contributed by atoms with van der Waals surface area (Å²) in [5.41, 5.74) is 14.3. The van der Waals surface area contributed by atoms with Crippen LogP contribution in [0, 0.1) is 23.2 Å². The first-order valence-corrected chi connectivity index (χ1v) is 20.4. The molecule has 5 atom stereocenters. The van der Waals surface area contributed by atoms with E-state index in [4.69, 9.17) is 0 Å². The van der Waals surface area contributed by atoms with Gasteiger partial charge in [-0.3, -0.25) is 0 Å². The van der Waals surface area contributed by atoms with Crippen LogP contribution in [0.3, 0.4) is 0 Å². The number of hydrogen-bond acceptors (Lipinski definition) is 2. The van der Waals surface area contributed by atoms with Crippen molar-refractivity contribution in [2.24, 2.45) is 11.8 Å².